The number of hydrogen-bond acceptors (Lipinski definition) is 3. The van der Waals surface area contributed by atoms with Crippen LogP contribution in [0.3, 0.4) is 0 Å². The number of carbonyl (C=O) groups excluding carboxylic acids is 1. The van der Waals surface area contributed by atoms with E-state index in [0.29, 0.717) is 10.8 Å². The Balaban J connectivity index is 0.00000200. The van der Waals surface area contributed by atoms with E-state index < -0.39 is 6.10 Å². The highest BCUT2D eigenvalue weighted by atomic mass is 35.5. The first-order chi connectivity index (χ1) is 9.16. The van der Waals surface area contributed by atoms with Crippen molar-refractivity contribution in [3.63, 3.8) is 0 Å². The van der Waals surface area contributed by atoms with Crippen LogP contribution < -0.4 is 15.4 Å². The van der Waals surface area contributed by atoms with Gasteiger partial charge in [0.25, 0.3) is 5.91 Å². The van der Waals surface area contributed by atoms with Crippen LogP contribution in [0.25, 0.3) is 0 Å². The number of nitrogens with one attached hydrogen (secondary N) is 2. The van der Waals surface area contributed by atoms with E-state index in [0.717, 1.165) is 25.9 Å². The van der Waals surface area contributed by atoms with Crippen molar-refractivity contribution in [2.45, 2.75) is 31.9 Å². The van der Waals surface area contributed by atoms with Crippen molar-refractivity contribution in [3.8, 4) is 5.75 Å². The Kier molecular flexibility index (Phi) is 7.13. The molecule has 1 aliphatic rings. The highest BCUT2D eigenvalue weighted by molar-refractivity contribution is 6.32. The molecule has 1 saturated heterocycles. The normalized spacial score (nSPS) is 19.6. The van der Waals surface area contributed by atoms with Gasteiger partial charge in [0.15, 0.2) is 6.10 Å². The lowest BCUT2D eigenvalue weighted by molar-refractivity contribution is -0.128. The molecule has 0 bridgehead atoms. The summed E-state index contributed by atoms with van der Waals surface area (Å²) in [4.78, 5) is 12.0. The average molecular weight is 319 g/mol. The zero-order valence-electron chi connectivity index (χ0n) is 11.4. The monoisotopic (exact) mass is 318 g/mol. The molecule has 6 heteroatoms. The number of ether oxygens (including phenoxy) is 1. The largest absolute Gasteiger partial charge is 0.479 e. The Bertz CT molecular complexity index is 437. The van der Waals surface area contributed by atoms with Gasteiger partial charge in [-0.3, -0.25) is 4.79 Å². The maximum atomic E-state index is 12.0. The molecule has 0 spiro atoms. The van der Waals surface area contributed by atoms with Crippen LogP contribution in [0.2, 0.25) is 5.02 Å². The lowest BCUT2D eigenvalue weighted by atomic mass is 10.1. The molecular weight excluding hydrogens is 299 g/mol. The summed E-state index contributed by atoms with van der Waals surface area (Å²) in [5.41, 5.74) is 0. The van der Waals surface area contributed by atoms with Gasteiger partial charge in [-0.05, 0) is 38.4 Å². The zero-order chi connectivity index (χ0) is 13.7. The van der Waals surface area contributed by atoms with Gasteiger partial charge in [-0.15, -0.1) is 12.4 Å². The van der Waals surface area contributed by atoms with E-state index in [1.807, 2.05) is 12.1 Å². The topological polar surface area (TPSA) is 50.4 Å². The van der Waals surface area contributed by atoms with Crippen LogP contribution in [0.15, 0.2) is 24.3 Å². The number of benzene rings is 1. The van der Waals surface area contributed by atoms with Gasteiger partial charge < -0.3 is 15.4 Å². The van der Waals surface area contributed by atoms with Gasteiger partial charge in [0.1, 0.15) is 5.75 Å². The molecule has 0 aliphatic carbocycles. The van der Waals surface area contributed by atoms with E-state index in [2.05, 4.69) is 10.6 Å². The SMILES string of the molecule is CC(Oc1ccccc1Cl)C(=O)NC1CCCNC1.Cl. The maximum Gasteiger partial charge on any atom is 0.261 e. The minimum absolute atomic E-state index is 0. The fraction of sp³-hybridized carbons (Fsp3) is 0.500. The maximum absolute atomic E-state index is 12.0. The molecule has 112 valence electrons. The van der Waals surface area contributed by atoms with Crippen LogP contribution in [0.1, 0.15) is 19.8 Å². The number of rotatable bonds is 4. The number of para-hydroxylation sites is 1. The molecule has 4 nitrogen and oxygen atoms in total. The molecule has 1 amide bonds. The second-order valence-electron chi connectivity index (χ2n) is 4.74. The smallest absolute Gasteiger partial charge is 0.261 e. The molecule has 1 aromatic carbocycles. The summed E-state index contributed by atoms with van der Waals surface area (Å²) in [5.74, 6) is 0.433. The number of hydrogen-bond donors (Lipinski definition) is 2. The summed E-state index contributed by atoms with van der Waals surface area (Å²) in [5, 5.41) is 6.77. The molecule has 2 N–H and O–H groups in total. The summed E-state index contributed by atoms with van der Waals surface area (Å²) in [7, 11) is 0. The lowest BCUT2D eigenvalue weighted by Gasteiger charge is -2.25. The first-order valence-electron chi connectivity index (χ1n) is 6.59. The predicted octanol–water partition coefficient (Wildman–Crippen LogP) is 2.40. The molecule has 1 heterocycles. The average Bonchev–Trinajstić information content (AvgIpc) is 2.42. The Morgan fingerprint density at radius 1 is 1.50 bits per heavy atom. The van der Waals surface area contributed by atoms with Crippen molar-refractivity contribution in [1.29, 1.82) is 0 Å². The summed E-state index contributed by atoms with van der Waals surface area (Å²) in [6, 6.07) is 7.35. The van der Waals surface area contributed by atoms with E-state index in [9.17, 15) is 4.79 Å². The van der Waals surface area contributed by atoms with Crippen LogP contribution in [0, 0.1) is 0 Å². The van der Waals surface area contributed by atoms with E-state index >= 15 is 0 Å². The van der Waals surface area contributed by atoms with Crippen LogP contribution in [-0.4, -0.2) is 31.1 Å². The van der Waals surface area contributed by atoms with E-state index in [-0.39, 0.29) is 24.4 Å². The number of amides is 1. The van der Waals surface area contributed by atoms with E-state index in [1.54, 1.807) is 19.1 Å². The first kappa shape index (κ1) is 17.1. The van der Waals surface area contributed by atoms with Gasteiger partial charge in [0, 0.05) is 12.6 Å². The van der Waals surface area contributed by atoms with Crippen LogP contribution in [0.5, 0.6) is 5.75 Å². The summed E-state index contributed by atoms with van der Waals surface area (Å²) >= 11 is 6.00. The van der Waals surface area contributed by atoms with Crippen molar-refractivity contribution in [1.82, 2.24) is 10.6 Å². The molecule has 2 unspecified atom stereocenters. The zero-order valence-corrected chi connectivity index (χ0v) is 13.0. The molecule has 2 atom stereocenters. The molecule has 2 rings (SSSR count). The van der Waals surface area contributed by atoms with E-state index in [4.69, 9.17) is 16.3 Å². The van der Waals surface area contributed by atoms with Crippen molar-refractivity contribution in [2.24, 2.45) is 0 Å². The van der Waals surface area contributed by atoms with Gasteiger partial charge in [0.2, 0.25) is 0 Å². The third-order valence-electron chi connectivity index (χ3n) is 3.15. The highest BCUT2D eigenvalue weighted by Gasteiger charge is 2.20. The van der Waals surface area contributed by atoms with Gasteiger partial charge >= 0.3 is 0 Å². The fourth-order valence-electron chi connectivity index (χ4n) is 2.08. The summed E-state index contributed by atoms with van der Waals surface area (Å²) in [6.07, 6.45) is 1.55. The fourth-order valence-corrected chi connectivity index (χ4v) is 2.26. The Labute approximate surface area is 130 Å². The number of piperidine rings is 1. The third kappa shape index (κ3) is 4.85. The van der Waals surface area contributed by atoms with Crippen LogP contribution in [0.4, 0.5) is 0 Å². The Morgan fingerprint density at radius 3 is 2.90 bits per heavy atom. The second-order valence-corrected chi connectivity index (χ2v) is 5.15. The highest BCUT2D eigenvalue weighted by Crippen LogP contribution is 2.24. The van der Waals surface area contributed by atoms with Crippen LogP contribution >= 0.6 is 24.0 Å². The molecule has 0 saturated carbocycles. The molecule has 1 aromatic rings. The molecule has 0 aromatic heterocycles. The van der Waals surface area contributed by atoms with Gasteiger partial charge in [0.05, 0.1) is 5.02 Å². The van der Waals surface area contributed by atoms with Crippen LogP contribution in [-0.2, 0) is 4.79 Å². The van der Waals surface area contributed by atoms with Crippen molar-refractivity contribution >= 4 is 29.9 Å². The molecular formula is C14H20Cl2N2O2. The minimum Gasteiger partial charge on any atom is -0.479 e. The standard InChI is InChI=1S/C14H19ClN2O2.ClH/c1-10(19-13-7-3-2-6-12(13)15)14(18)17-11-5-4-8-16-9-11;/h2-3,6-7,10-11,16H,4-5,8-9H2,1H3,(H,17,18);1H. The predicted molar refractivity (Wildman–Crippen MR) is 82.8 cm³/mol. The van der Waals surface area contributed by atoms with Gasteiger partial charge in [-0.2, -0.15) is 0 Å². The molecule has 0 radical (unpaired) electrons. The van der Waals surface area contributed by atoms with Gasteiger partial charge in [-0.25, -0.2) is 0 Å². The number of halogens is 2. The quantitative estimate of drug-likeness (QED) is 0.896. The van der Waals surface area contributed by atoms with E-state index in [1.165, 1.54) is 0 Å². The Morgan fingerprint density at radius 2 is 2.25 bits per heavy atom. The van der Waals surface area contributed by atoms with Crippen molar-refractivity contribution in [3.05, 3.63) is 29.3 Å². The minimum atomic E-state index is -0.554. The van der Waals surface area contributed by atoms with Gasteiger partial charge in [-0.1, -0.05) is 23.7 Å². The second kappa shape index (κ2) is 8.35. The first-order valence-corrected chi connectivity index (χ1v) is 6.97. The molecule has 1 aliphatic heterocycles. The lowest BCUT2D eigenvalue weighted by Crippen LogP contribution is -2.49. The third-order valence-corrected chi connectivity index (χ3v) is 3.47. The molecule has 1 fully saturated rings. The van der Waals surface area contributed by atoms with Crippen molar-refractivity contribution in [2.75, 3.05) is 13.1 Å². The summed E-state index contributed by atoms with van der Waals surface area (Å²) < 4.78 is 5.58. The molecule has 20 heavy (non-hydrogen) atoms. The summed E-state index contributed by atoms with van der Waals surface area (Å²) in [6.45, 7) is 3.58. The van der Waals surface area contributed by atoms with Crippen molar-refractivity contribution < 1.29 is 9.53 Å². The number of carbonyl (C=O) groups is 1. The Hall–Kier alpha value is -0.970.